The molecule has 0 aliphatic carbocycles. The maximum absolute atomic E-state index is 12.0. The van der Waals surface area contributed by atoms with E-state index >= 15 is 0 Å². The van der Waals surface area contributed by atoms with Crippen LogP contribution in [0, 0.1) is 0 Å². The molecule has 1 aromatic carbocycles. The summed E-state index contributed by atoms with van der Waals surface area (Å²) in [5, 5.41) is 6.05. The number of aldehydes is 1. The number of halogens is 1. The van der Waals surface area contributed by atoms with E-state index in [-0.39, 0.29) is 11.0 Å². The van der Waals surface area contributed by atoms with Gasteiger partial charge in [0.25, 0.3) is 5.56 Å². The molecule has 0 saturated carbocycles. The minimum Gasteiger partial charge on any atom is -0.306 e. The first-order chi connectivity index (χ1) is 10.8. The van der Waals surface area contributed by atoms with Crippen LogP contribution in [0.2, 0.25) is 5.02 Å². The second-order valence-corrected chi connectivity index (χ2v) is 6.86. The van der Waals surface area contributed by atoms with Crippen molar-refractivity contribution in [1.29, 1.82) is 0 Å². The van der Waals surface area contributed by atoms with Crippen LogP contribution < -0.4 is 5.56 Å². The minimum atomic E-state index is -0.428. The van der Waals surface area contributed by atoms with Crippen LogP contribution in [0.4, 0.5) is 0 Å². The smallest absolute Gasteiger partial charge is 0.260 e. The number of nitrogens with zero attached hydrogens (tertiary/aromatic N) is 2. The second-order valence-electron chi connectivity index (χ2n) is 6.42. The Labute approximate surface area is 137 Å². The second kappa shape index (κ2) is 5.35. The number of carbonyl (C=O) groups is 1. The summed E-state index contributed by atoms with van der Waals surface area (Å²) in [6, 6.07) is 8.78. The van der Waals surface area contributed by atoms with E-state index in [1.807, 2.05) is 32.9 Å². The minimum absolute atomic E-state index is 0.0960. The number of aromatic amines is 1. The fraction of sp³-hybridized carbons (Fsp3) is 0.235. The average Bonchev–Trinajstić information content (AvgIpc) is 2.85. The number of nitrogens with one attached hydrogen (secondary N) is 1. The Kier molecular flexibility index (Phi) is 3.60. The average molecular weight is 330 g/mol. The Hall–Kier alpha value is -2.40. The first kappa shape index (κ1) is 15.5. The summed E-state index contributed by atoms with van der Waals surface area (Å²) >= 11 is 5.93. The highest BCUT2D eigenvalue weighted by Crippen LogP contribution is 2.30. The van der Waals surface area contributed by atoms with Crippen molar-refractivity contribution in [2.75, 3.05) is 0 Å². The van der Waals surface area contributed by atoms with Gasteiger partial charge in [0.1, 0.15) is 5.65 Å². The molecule has 2 aromatic heterocycles. The highest BCUT2D eigenvalue weighted by atomic mass is 35.5. The molecule has 0 fully saturated rings. The van der Waals surface area contributed by atoms with Gasteiger partial charge in [-0.05, 0) is 30.3 Å². The molecule has 1 N–H and O–H groups in total. The van der Waals surface area contributed by atoms with E-state index in [9.17, 15) is 9.59 Å². The SMILES string of the molecule is CC(C)(C)c1nn(-c2ccc(Cl)cc2)c2[nH]c(=O)c(C=O)cc12. The number of pyridine rings is 1. The molecule has 118 valence electrons. The van der Waals surface area contributed by atoms with Crippen LogP contribution in [0.5, 0.6) is 0 Å². The van der Waals surface area contributed by atoms with Crippen LogP contribution in [-0.4, -0.2) is 21.1 Å². The van der Waals surface area contributed by atoms with Gasteiger partial charge in [-0.15, -0.1) is 0 Å². The molecule has 0 aliphatic heterocycles. The van der Waals surface area contributed by atoms with Crippen LogP contribution in [0.25, 0.3) is 16.7 Å². The lowest BCUT2D eigenvalue weighted by atomic mass is 9.90. The van der Waals surface area contributed by atoms with Gasteiger partial charge < -0.3 is 4.98 Å². The Bertz CT molecular complexity index is 947. The summed E-state index contributed by atoms with van der Waals surface area (Å²) < 4.78 is 1.67. The maximum atomic E-state index is 12.0. The highest BCUT2D eigenvalue weighted by molar-refractivity contribution is 6.30. The van der Waals surface area contributed by atoms with E-state index in [2.05, 4.69) is 10.1 Å². The summed E-state index contributed by atoms with van der Waals surface area (Å²) in [7, 11) is 0. The van der Waals surface area contributed by atoms with E-state index in [1.165, 1.54) is 0 Å². The quantitative estimate of drug-likeness (QED) is 0.732. The molecule has 3 aromatic rings. The highest BCUT2D eigenvalue weighted by Gasteiger charge is 2.24. The van der Waals surface area contributed by atoms with Crippen molar-refractivity contribution < 1.29 is 4.79 Å². The summed E-state index contributed by atoms with van der Waals surface area (Å²) in [4.78, 5) is 25.9. The zero-order valence-corrected chi connectivity index (χ0v) is 13.8. The van der Waals surface area contributed by atoms with Crippen molar-refractivity contribution in [2.24, 2.45) is 0 Å². The van der Waals surface area contributed by atoms with E-state index in [0.29, 0.717) is 17.0 Å². The van der Waals surface area contributed by atoms with Crippen LogP contribution in [0.3, 0.4) is 0 Å². The van der Waals surface area contributed by atoms with Crippen molar-refractivity contribution in [3.63, 3.8) is 0 Å². The summed E-state index contributed by atoms with van der Waals surface area (Å²) in [5.74, 6) is 0. The maximum Gasteiger partial charge on any atom is 0.260 e. The lowest BCUT2D eigenvalue weighted by Gasteiger charge is -2.15. The van der Waals surface area contributed by atoms with Gasteiger partial charge >= 0.3 is 0 Å². The molecule has 3 rings (SSSR count). The Morgan fingerprint density at radius 3 is 2.43 bits per heavy atom. The van der Waals surface area contributed by atoms with Gasteiger partial charge in [-0.3, -0.25) is 9.59 Å². The largest absolute Gasteiger partial charge is 0.306 e. The van der Waals surface area contributed by atoms with Crippen molar-refractivity contribution in [3.05, 3.63) is 57.0 Å². The van der Waals surface area contributed by atoms with Crippen LogP contribution in [-0.2, 0) is 5.41 Å². The van der Waals surface area contributed by atoms with Crippen molar-refractivity contribution >= 4 is 28.9 Å². The molecular weight excluding hydrogens is 314 g/mol. The van der Waals surface area contributed by atoms with Crippen molar-refractivity contribution in [1.82, 2.24) is 14.8 Å². The van der Waals surface area contributed by atoms with Crippen molar-refractivity contribution in [3.8, 4) is 5.69 Å². The molecule has 5 nitrogen and oxygen atoms in total. The predicted molar refractivity (Wildman–Crippen MR) is 90.8 cm³/mol. The number of H-pyrrole nitrogens is 1. The fourth-order valence-corrected chi connectivity index (χ4v) is 2.62. The Morgan fingerprint density at radius 1 is 1.22 bits per heavy atom. The molecule has 6 heteroatoms. The molecule has 2 heterocycles. The van der Waals surface area contributed by atoms with Crippen LogP contribution in [0.1, 0.15) is 36.8 Å². The predicted octanol–water partition coefficient (Wildman–Crippen LogP) is 3.48. The standard InChI is InChI=1S/C17H16ClN3O2/c1-17(2,3)14-13-8-10(9-22)16(23)19-15(13)21(20-14)12-6-4-11(18)5-7-12/h4-9H,1-3H3,(H,19,23). The topological polar surface area (TPSA) is 67.8 Å². The molecule has 0 bridgehead atoms. The molecule has 0 spiro atoms. The molecule has 0 radical (unpaired) electrons. The Balaban J connectivity index is 2.39. The van der Waals surface area contributed by atoms with Gasteiger partial charge in [-0.25, -0.2) is 4.68 Å². The van der Waals surface area contributed by atoms with Crippen LogP contribution >= 0.6 is 11.6 Å². The van der Waals surface area contributed by atoms with Gasteiger partial charge in [-0.1, -0.05) is 32.4 Å². The molecule has 0 saturated heterocycles. The number of hydrogen-bond donors (Lipinski definition) is 1. The number of carbonyl (C=O) groups excluding carboxylic acids is 1. The molecule has 0 unspecified atom stereocenters. The third-order valence-electron chi connectivity index (χ3n) is 3.62. The lowest BCUT2D eigenvalue weighted by Crippen LogP contribution is -2.14. The van der Waals surface area contributed by atoms with Crippen molar-refractivity contribution in [2.45, 2.75) is 26.2 Å². The lowest BCUT2D eigenvalue weighted by molar-refractivity contribution is 0.112. The van der Waals surface area contributed by atoms with Gasteiger partial charge in [0.15, 0.2) is 6.29 Å². The van der Waals surface area contributed by atoms with Crippen LogP contribution in [0.15, 0.2) is 35.1 Å². The number of benzene rings is 1. The number of rotatable bonds is 2. The van der Waals surface area contributed by atoms with E-state index in [4.69, 9.17) is 11.6 Å². The number of aromatic nitrogens is 3. The van der Waals surface area contributed by atoms with Gasteiger partial charge in [-0.2, -0.15) is 5.10 Å². The fourth-order valence-electron chi connectivity index (χ4n) is 2.50. The molecule has 0 aliphatic rings. The van der Waals surface area contributed by atoms with Gasteiger partial charge in [0.2, 0.25) is 0 Å². The zero-order chi connectivity index (χ0) is 16.8. The van der Waals surface area contributed by atoms with E-state index in [0.717, 1.165) is 16.8 Å². The number of fused-ring (bicyclic) bond motifs is 1. The normalized spacial score (nSPS) is 11.8. The first-order valence-corrected chi connectivity index (χ1v) is 7.56. The molecule has 23 heavy (non-hydrogen) atoms. The third kappa shape index (κ3) is 2.68. The molecular formula is C17H16ClN3O2. The van der Waals surface area contributed by atoms with E-state index in [1.54, 1.807) is 22.9 Å². The zero-order valence-electron chi connectivity index (χ0n) is 13.1. The number of hydrogen-bond acceptors (Lipinski definition) is 3. The summed E-state index contributed by atoms with van der Waals surface area (Å²) in [5.41, 5.74) is 1.58. The summed E-state index contributed by atoms with van der Waals surface area (Å²) in [6.07, 6.45) is 0.560. The monoisotopic (exact) mass is 329 g/mol. The first-order valence-electron chi connectivity index (χ1n) is 7.19. The molecule has 0 atom stereocenters. The van der Waals surface area contributed by atoms with E-state index < -0.39 is 5.56 Å². The van der Waals surface area contributed by atoms with Gasteiger partial charge in [0.05, 0.1) is 16.9 Å². The molecule has 0 amide bonds. The van der Waals surface area contributed by atoms with Gasteiger partial charge in [0, 0.05) is 15.8 Å². The Morgan fingerprint density at radius 2 is 1.87 bits per heavy atom. The third-order valence-corrected chi connectivity index (χ3v) is 3.88. The summed E-state index contributed by atoms with van der Waals surface area (Å²) in [6.45, 7) is 6.10.